The summed E-state index contributed by atoms with van der Waals surface area (Å²) in [7, 11) is 0. The summed E-state index contributed by atoms with van der Waals surface area (Å²) >= 11 is 3.58. The first-order chi connectivity index (χ1) is 7.88. The molecule has 2 aromatic heterocycles. The van der Waals surface area contributed by atoms with Gasteiger partial charge in [0.2, 0.25) is 0 Å². The molecule has 2 aromatic rings. The molecule has 16 heavy (non-hydrogen) atoms. The highest BCUT2D eigenvalue weighted by Gasteiger charge is 2.05. The van der Waals surface area contributed by atoms with Crippen molar-refractivity contribution >= 4 is 22.7 Å². The molecule has 0 aliphatic rings. The first-order valence-corrected chi connectivity index (χ1v) is 7.27. The van der Waals surface area contributed by atoms with Gasteiger partial charge in [-0.2, -0.15) is 0 Å². The van der Waals surface area contributed by atoms with E-state index in [2.05, 4.69) is 34.3 Å². The van der Waals surface area contributed by atoms with Crippen LogP contribution in [0.2, 0.25) is 0 Å². The number of hydrogen-bond donors (Lipinski definition) is 0. The Labute approximate surface area is 105 Å². The lowest BCUT2D eigenvalue weighted by molar-refractivity contribution is 0.286. The van der Waals surface area contributed by atoms with Crippen LogP contribution in [-0.4, -0.2) is 23.0 Å². The van der Waals surface area contributed by atoms with Crippen LogP contribution in [0.15, 0.2) is 29.1 Å². The van der Waals surface area contributed by atoms with Gasteiger partial charge in [0.1, 0.15) is 0 Å². The molecule has 0 fully saturated rings. The molecule has 2 rings (SSSR count). The van der Waals surface area contributed by atoms with Crippen molar-refractivity contribution in [3.63, 3.8) is 0 Å². The van der Waals surface area contributed by atoms with Gasteiger partial charge in [0, 0.05) is 36.0 Å². The van der Waals surface area contributed by atoms with Crippen molar-refractivity contribution in [2.24, 2.45) is 0 Å². The molecule has 86 valence electrons. The molecule has 0 bridgehead atoms. The third-order valence-corrected chi connectivity index (χ3v) is 4.23. The molecule has 0 saturated carbocycles. The summed E-state index contributed by atoms with van der Waals surface area (Å²) in [6.07, 6.45) is 2.95. The smallest absolute Gasteiger partial charge is 0.0937 e. The zero-order valence-electron chi connectivity index (χ0n) is 9.43. The van der Waals surface area contributed by atoms with Crippen LogP contribution in [0.1, 0.15) is 16.8 Å². The summed E-state index contributed by atoms with van der Waals surface area (Å²) in [6.45, 7) is 5.49. The lowest BCUT2D eigenvalue weighted by Gasteiger charge is -2.18. The van der Waals surface area contributed by atoms with E-state index in [9.17, 15) is 0 Å². The average Bonchev–Trinajstić information content (AvgIpc) is 2.97. The van der Waals surface area contributed by atoms with Gasteiger partial charge in [0.25, 0.3) is 0 Å². The number of thiophene rings is 1. The Kier molecular flexibility index (Phi) is 4.51. The van der Waals surface area contributed by atoms with E-state index in [1.54, 1.807) is 11.3 Å². The zero-order valence-corrected chi connectivity index (χ0v) is 11.1. The van der Waals surface area contributed by atoms with Crippen LogP contribution >= 0.6 is 22.7 Å². The monoisotopic (exact) mass is 252 g/mol. The summed E-state index contributed by atoms with van der Waals surface area (Å²) in [5.74, 6) is 0. The Morgan fingerprint density at radius 2 is 2.25 bits per heavy atom. The third-order valence-electron chi connectivity index (χ3n) is 2.53. The lowest BCUT2D eigenvalue weighted by Crippen LogP contribution is -2.24. The molecule has 0 amide bonds. The first-order valence-electron chi connectivity index (χ1n) is 5.51. The fourth-order valence-corrected chi connectivity index (χ4v) is 2.96. The maximum Gasteiger partial charge on any atom is 0.0937 e. The van der Waals surface area contributed by atoms with E-state index in [4.69, 9.17) is 0 Å². The predicted molar refractivity (Wildman–Crippen MR) is 71.1 cm³/mol. The van der Waals surface area contributed by atoms with Crippen LogP contribution in [0.4, 0.5) is 0 Å². The summed E-state index contributed by atoms with van der Waals surface area (Å²) in [5.41, 5.74) is 0. The Morgan fingerprint density at radius 3 is 2.88 bits per heavy atom. The molecule has 0 N–H and O–H groups in total. The quantitative estimate of drug-likeness (QED) is 0.784. The Bertz CT molecular complexity index is 381. The number of hydrogen-bond acceptors (Lipinski definition) is 4. The summed E-state index contributed by atoms with van der Waals surface area (Å²) in [5, 5.41) is 5.43. The van der Waals surface area contributed by atoms with E-state index in [-0.39, 0.29) is 0 Å². The molecule has 4 heteroatoms. The van der Waals surface area contributed by atoms with E-state index in [1.807, 2.05) is 22.9 Å². The van der Waals surface area contributed by atoms with Crippen molar-refractivity contribution in [2.75, 3.05) is 13.1 Å². The van der Waals surface area contributed by atoms with Crippen molar-refractivity contribution in [1.29, 1.82) is 0 Å². The second kappa shape index (κ2) is 6.13. The van der Waals surface area contributed by atoms with Crippen molar-refractivity contribution < 1.29 is 0 Å². The molecule has 0 aliphatic heterocycles. The average molecular weight is 252 g/mol. The first kappa shape index (κ1) is 11.8. The van der Waals surface area contributed by atoms with Gasteiger partial charge >= 0.3 is 0 Å². The van der Waals surface area contributed by atoms with Crippen LogP contribution in [0.3, 0.4) is 0 Å². The van der Waals surface area contributed by atoms with E-state index >= 15 is 0 Å². The van der Waals surface area contributed by atoms with Crippen molar-refractivity contribution in [1.82, 2.24) is 9.88 Å². The lowest BCUT2D eigenvalue weighted by atomic mass is 10.3. The van der Waals surface area contributed by atoms with Gasteiger partial charge in [-0.3, -0.25) is 4.90 Å². The van der Waals surface area contributed by atoms with E-state index in [0.29, 0.717) is 0 Å². The summed E-state index contributed by atoms with van der Waals surface area (Å²) < 4.78 is 0. The van der Waals surface area contributed by atoms with Crippen molar-refractivity contribution in [3.05, 3.63) is 39.0 Å². The Morgan fingerprint density at radius 1 is 1.31 bits per heavy atom. The van der Waals surface area contributed by atoms with Crippen molar-refractivity contribution in [3.8, 4) is 0 Å². The largest absolute Gasteiger partial charge is 0.298 e. The second-order valence-corrected chi connectivity index (χ2v) is 5.64. The molecule has 0 atom stereocenters. The van der Waals surface area contributed by atoms with Crippen molar-refractivity contribution in [2.45, 2.75) is 19.9 Å². The van der Waals surface area contributed by atoms with Crippen LogP contribution in [0, 0.1) is 0 Å². The SMILES string of the molecule is CCN(CCc1nccs1)Cc1cccs1. The molecule has 2 heterocycles. The fourth-order valence-electron chi connectivity index (χ4n) is 1.60. The van der Waals surface area contributed by atoms with E-state index in [0.717, 1.165) is 26.1 Å². The molecule has 0 aliphatic carbocycles. The van der Waals surface area contributed by atoms with Gasteiger partial charge in [-0.05, 0) is 18.0 Å². The number of likely N-dealkylation sites (N-methyl/N-ethyl adjacent to an activating group) is 1. The van der Waals surface area contributed by atoms with Gasteiger partial charge in [-0.1, -0.05) is 13.0 Å². The topological polar surface area (TPSA) is 16.1 Å². The second-order valence-electron chi connectivity index (χ2n) is 3.62. The molecule has 2 nitrogen and oxygen atoms in total. The Balaban J connectivity index is 1.81. The number of aromatic nitrogens is 1. The van der Waals surface area contributed by atoms with Crippen LogP contribution in [-0.2, 0) is 13.0 Å². The van der Waals surface area contributed by atoms with Crippen LogP contribution in [0.25, 0.3) is 0 Å². The number of thiazole rings is 1. The Hall–Kier alpha value is -0.710. The number of rotatable bonds is 6. The van der Waals surface area contributed by atoms with E-state index < -0.39 is 0 Å². The molecule has 0 unspecified atom stereocenters. The molecule has 0 aromatic carbocycles. The number of nitrogens with zero attached hydrogens (tertiary/aromatic N) is 2. The normalized spacial score (nSPS) is 11.1. The standard InChI is InChI=1S/C12H16N2S2/c1-2-14(10-11-4-3-8-15-11)7-5-12-13-6-9-16-12/h3-4,6,8-9H,2,5,7,10H2,1H3. The summed E-state index contributed by atoms with van der Waals surface area (Å²) in [4.78, 5) is 8.22. The molecule has 0 radical (unpaired) electrons. The van der Waals surface area contributed by atoms with Gasteiger partial charge in [-0.25, -0.2) is 4.98 Å². The predicted octanol–water partition coefficient (Wildman–Crippen LogP) is 3.27. The van der Waals surface area contributed by atoms with E-state index in [1.165, 1.54) is 9.88 Å². The summed E-state index contributed by atoms with van der Waals surface area (Å²) in [6, 6.07) is 4.32. The molecular formula is C12H16N2S2. The highest BCUT2D eigenvalue weighted by molar-refractivity contribution is 7.10. The van der Waals surface area contributed by atoms with Gasteiger partial charge in [0.05, 0.1) is 5.01 Å². The minimum absolute atomic E-state index is 1.07. The molecule has 0 saturated heterocycles. The molecular weight excluding hydrogens is 236 g/mol. The molecule has 0 spiro atoms. The van der Waals surface area contributed by atoms with Gasteiger partial charge in [-0.15, -0.1) is 22.7 Å². The highest BCUT2D eigenvalue weighted by Crippen LogP contribution is 2.12. The fraction of sp³-hybridized carbons (Fsp3) is 0.417. The zero-order chi connectivity index (χ0) is 11.2. The highest BCUT2D eigenvalue weighted by atomic mass is 32.1. The maximum atomic E-state index is 4.31. The van der Waals surface area contributed by atoms with Crippen LogP contribution < -0.4 is 0 Å². The minimum Gasteiger partial charge on any atom is -0.298 e. The van der Waals surface area contributed by atoms with Gasteiger partial charge < -0.3 is 0 Å². The van der Waals surface area contributed by atoms with Crippen LogP contribution in [0.5, 0.6) is 0 Å². The minimum atomic E-state index is 1.07. The maximum absolute atomic E-state index is 4.31. The third kappa shape index (κ3) is 3.40. The van der Waals surface area contributed by atoms with Gasteiger partial charge in [0.15, 0.2) is 0 Å².